The molecule has 2 heterocycles. The molecule has 0 saturated carbocycles. The minimum atomic E-state index is -1.04. The number of carbonyl (C=O) groups excluding carboxylic acids is 3. The first-order valence-corrected chi connectivity index (χ1v) is 10.2. The number of nitrogens with one attached hydrogen (secondary N) is 1. The first-order chi connectivity index (χ1) is 15.9. The van der Waals surface area contributed by atoms with Gasteiger partial charge in [0.05, 0.1) is 28.4 Å². The molecule has 2 aromatic rings. The molecule has 174 valence electrons. The van der Waals surface area contributed by atoms with Crippen molar-refractivity contribution in [2.24, 2.45) is 0 Å². The summed E-state index contributed by atoms with van der Waals surface area (Å²) in [5.41, 5.74) is 1.07. The van der Waals surface area contributed by atoms with Crippen LogP contribution < -0.4 is 24.3 Å². The number of fused-ring (bicyclic) bond motifs is 1. The summed E-state index contributed by atoms with van der Waals surface area (Å²) in [6, 6.07) is 7.39. The van der Waals surface area contributed by atoms with Crippen LogP contribution in [0, 0.1) is 0 Å². The van der Waals surface area contributed by atoms with E-state index in [-0.39, 0.29) is 30.1 Å². The summed E-state index contributed by atoms with van der Waals surface area (Å²) in [5, 5.41) is 2.81. The van der Waals surface area contributed by atoms with E-state index in [1.807, 2.05) is 0 Å². The van der Waals surface area contributed by atoms with Gasteiger partial charge in [0.2, 0.25) is 18.0 Å². The van der Waals surface area contributed by atoms with E-state index in [0.29, 0.717) is 28.5 Å². The molecule has 1 fully saturated rings. The second kappa shape index (κ2) is 8.89. The predicted octanol–water partition coefficient (Wildman–Crippen LogP) is 2.52. The molecule has 1 saturated heterocycles. The fourth-order valence-corrected chi connectivity index (χ4v) is 4.15. The molecule has 33 heavy (non-hydrogen) atoms. The zero-order chi connectivity index (χ0) is 23.7. The van der Waals surface area contributed by atoms with Crippen LogP contribution in [0.2, 0.25) is 0 Å². The maximum Gasteiger partial charge on any atom is 0.344 e. The van der Waals surface area contributed by atoms with Gasteiger partial charge in [-0.1, -0.05) is 0 Å². The standard InChI is InChI=1S/C23H24N2O8/c1-29-13-9-12(10-14(11-13)30-2)24-21(27)16-6-8-18(26)25(16)22-15-5-7-17(31-3)20(32-4)19(15)23(28)33-22/h5,7,9-11,16,22H,6,8H2,1-4H3,(H,24,27)/t16-,22+/m0/s1. The van der Waals surface area contributed by atoms with Crippen molar-refractivity contribution < 1.29 is 38.1 Å². The van der Waals surface area contributed by atoms with Gasteiger partial charge in [0, 0.05) is 35.9 Å². The Bertz CT molecular complexity index is 1090. The molecule has 0 radical (unpaired) electrons. The number of esters is 1. The summed E-state index contributed by atoms with van der Waals surface area (Å²) in [6.07, 6.45) is -0.614. The van der Waals surface area contributed by atoms with Gasteiger partial charge >= 0.3 is 5.97 Å². The Balaban J connectivity index is 1.64. The summed E-state index contributed by atoms with van der Waals surface area (Å²) in [6.45, 7) is 0. The third-order valence-corrected chi connectivity index (χ3v) is 5.70. The molecule has 2 atom stereocenters. The summed E-state index contributed by atoms with van der Waals surface area (Å²) in [5.74, 6) is 0.232. The summed E-state index contributed by atoms with van der Waals surface area (Å²) < 4.78 is 26.6. The Morgan fingerprint density at radius 1 is 1.00 bits per heavy atom. The van der Waals surface area contributed by atoms with E-state index in [9.17, 15) is 14.4 Å². The van der Waals surface area contributed by atoms with Crippen molar-refractivity contribution in [3.63, 3.8) is 0 Å². The number of methoxy groups -OCH3 is 4. The molecule has 4 rings (SSSR count). The molecule has 2 amide bonds. The summed E-state index contributed by atoms with van der Waals surface area (Å²) in [7, 11) is 5.89. The van der Waals surface area contributed by atoms with Crippen molar-refractivity contribution in [2.45, 2.75) is 25.1 Å². The van der Waals surface area contributed by atoms with Gasteiger partial charge in [-0.05, 0) is 18.6 Å². The van der Waals surface area contributed by atoms with Gasteiger partial charge in [0.25, 0.3) is 0 Å². The van der Waals surface area contributed by atoms with Crippen molar-refractivity contribution >= 4 is 23.5 Å². The van der Waals surface area contributed by atoms with Crippen LogP contribution >= 0.6 is 0 Å². The molecule has 1 N–H and O–H groups in total. The molecular weight excluding hydrogens is 432 g/mol. The molecule has 10 nitrogen and oxygen atoms in total. The van der Waals surface area contributed by atoms with Crippen LogP contribution in [0.15, 0.2) is 30.3 Å². The molecule has 2 aliphatic heterocycles. The quantitative estimate of drug-likeness (QED) is 0.633. The SMILES string of the molecule is COc1cc(NC(=O)[C@@H]2CCC(=O)N2[C@@H]2OC(=O)c3c2ccc(OC)c3OC)cc(OC)c1. The summed E-state index contributed by atoms with van der Waals surface area (Å²) in [4.78, 5) is 39.9. The highest BCUT2D eigenvalue weighted by atomic mass is 16.6. The highest BCUT2D eigenvalue weighted by Crippen LogP contribution is 2.45. The van der Waals surface area contributed by atoms with Gasteiger partial charge in [0.15, 0.2) is 11.5 Å². The molecule has 0 bridgehead atoms. The monoisotopic (exact) mass is 456 g/mol. The number of nitrogens with zero attached hydrogens (tertiary/aromatic N) is 1. The number of carbonyl (C=O) groups is 3. The average molecular weight is 456 g/mol. The van der Waals surface area contributed by atoms with E-state index < -0.39 is 24.1 Å². The third kappa shape index (κ3) is 3.88. The van der Waals surface area contributed by atoms with Crippen molar-refractivity contribution in [1.29, 1.82) is 0 Å². The minimum absolute atomic E-state index is 0.149. The van der Waals surface area contributed by atoms with Gasteiger partial charge in [-0.3, -0.25) is 14.5 Å². The Kier molecular flexibility index (Phi) is 5.99. The van der Waals surface area contributed by atoms with E-state index in [4.69, 9.17) is 23.7 Å². The predicted molar refractivity (Wildman–Crippen MR) is 116 cm³/mol. The van der Waals surface area contributed by atoms with Crippen LogP contribution in [0.3, 0.4) is 0 Å². The zero-order valence-corrected chi connectivity index (χ0v) is 18.7. The highest BCUT2D eigenvalue weighted by Gasteiger charge is 2.47. The van der Waals surface area contributed by atoms with Crippen LogP contribution in [0.5, 0.6) is 23.0 Å². The summed E-state index contributed by atoms with van der Waals surface area (Å²) >= 11 is 0. The molecule has 0 aliphatic carbocycles. The number of hydrogen-bond donors (Lipinski definition) is 1. The van der Waals surface area contributed by atoms with Crippen LogP contribution in [0.25, 0.3) is 0 Å². The second-order valence-electron chi connectivity index (χ2n) is 7.47. The highest BCUT2D eigenvalue weighted by molar-refractivity contribution is 6.01. The number of ether oxygens (including phenoxy) is 5. The van der Waals surface area contributed by atoms with Crippen LogP contribution in [-0.2, 0) is 14.3 Å². The van der Waals surface area contributed by atoms with E-state index >= 15 is 0 Å². The van der Waals surface area contributed by atoms with Crippen molar-refractivity contribution in [3.05, 3.63) is 41.5 Å². The zero-order valence-electron chi connectivity index (χ0n) is 18.7. The lowest BCUT2D eigenvalue weighted by Crippen LogP contribution is -2.43. The van der Waals surface area contributed by atoms with Gasteiger partial charge in [-0.25, -0.2) is 4.79 Å². The fourth-order valence-electron chi connectivity index (χ4n) is 4.15. The maximum atomic E-state index is 13.2. The Labute approximate surface area is 190 Å². The first-order valence-electron chi connectivity index (χ1n) is 10.2. The van der Waals surface area contributed by atoms with Crippen LogP contribution in [0.1, 0.15) is 35.0 Å². The number of hydrogen-bond acceptors (Lipinski definition) is 8. The molecule has 0 unspecified atom stereocenters. The number of benzene rings is 2. The Morgan fingerprint density at radius 3 is 2.30 bits per heavy atom. The lowest BCUT2D eigenvalue weighted by atomic mass is 10.1. The smallest absolute Gasteiger partial charge is 0.344 e. The largest absolute Gasteiger partial charge is 0.497 e. The molecular formula is C23H24N2O8. The Morgan fingerprint density at radius 2 is 1.70 bits per heavy atom. The molecule has 0 spiro atoms. The van der Waals surface area contributed by atoms with E-state index in [2.05, 4.69) is 5.32 Å². The average Bonchev–Trinajstić information content (AvgIpc) is 3.37. The lowest BCUT2D eigenvalue weighted by Gasteiger charge is -2.29. The first kappa shape index (κ1) is 22.3. The van der Waals surface area contributed by atoms with E-state index in [0.717, 1.165) is 0 Å². The maximum absolute atomic E-state index is 13.2. The van der Waals surface area contributed by atoms with Crippen molar-refractivity contribution in [2.75, 3.05) is 33.8 Å². The van der Waals surface area contributed by atoms with Gasteiger partial charge in [-0.2, -0.15) is 0 Å². The fraction of sp³-hybridized carbons (Fsp3) is 0.348. The normalized spacial score (nSPS) is 19.1. The van der Waals surface area contributed by atoms with Crippen LogP contribution in [-0.4, -0.2) is 57.2 Å². The number of rotatable bonds is 7. The third-order valence-electron chi connectivity index (χ3n) is 5.70. The molecule has 10 heteroatoms. The van der Waals surface area contributed by atoms with Gasteiger partial charge in [0.1, 0.15) is 23.1 Å². The van der Waals surface area contributed by atoms with Gasteiger partial charge in [-0.15, -0.1) is 0 Å². The molecule has 2 aromatic carbocycles. The second-order valence-corrected chi connectivity index (χ2v) is 7.47. The topological polar surface area (TPSA) is 113 Å². The number of cyclic esters (lactones) is 1. The van der Waals surface area contributed by atoms with Crippen molar-refractivity contribution in [1.82, 2.24) is 4.90 Å². The molecule has 2 aliphatic rings. The van der Waals surface area contributed by atoms with E-state index in [1.54, 1.807) is 30.3 Å². The van der Waals surface area contributed by atoms with Crippen molar-refractivity contribution in [3.8, 4) is 23.0 Å². The number of likely N-dealkylation sites (tertiary alicyclic amines) is 1. The van der Waals surface area contributed by atoms with E-state index in [1.165, 1.54) is 33.3 Å². The lowest BCUT2D eigenvalue weighted by molar-refractivity contribution is -0.144. The molecule has 0 aromatic heterocycles. The van der Waals surface area contributed by atoms with Crippen LogP contribution in [0.4, 0.5) is 5.69 Å². The number of anilines is 1. The minimum Gasteiger partial charge on any atom is -0.497 e. The number of amides is 2. The Hall–Kier alpha value is -3.95. The van der Waals surface area contributed by atoms with Gasteiger partial charge < -0.3 is 29.0 Å².